The van der Waals surface area contributed by atoms with Crippen LogP contribution in [0.25, 0.3) is 0 Å². The van der Waals surface area contributed by atoms with Gasteiger partial charge in [-0.1, -0.05) is 30.3 Å². The van der Waals surface area contributed by atoms with Crippen LogP contribution < -0.4 is 5.73 Å². The molecule has 1 aromatic rings. The minimum atomic E-state index is -2.41. The minimum absolute atomic E-state index is 0.213. The summed E-state index contributed by atoms with van der Waals surface area (Å²) in [6.45, 7) is -2.41. The fraction of sp³-hybridized carbons (Fsp3) is 0.250. The molecule has 0 aliphatic carbocycles. The fourth-order valence-electron chi connectivity index (χ4n) is 0.594. The van der Waals surface area contributed by atoms with Crippen LogP contribution in [-0.2, 0) is 6.37 Å². The van der Waals surface area contributed by atoms with Gasteiger partial charge in [-0.3, -0.25) is 0 Å². The Labute approximate surface area is 62.6 Å². The second-order valence-electron chi connectivity index (χ2n) is 1.62. The first-order valence-electron chi connectivity index (χ1n) is 5.16. The summed E-state index contributed by atoms with van der Waals surface area (Å²) >= 11 is 0. The molecular formula is C8H11N. The topological polar surface area (TPSA) is 26.0 Å². The molecule has 0 unspecified atom stereocenters. The number of rotatable bonds is 3. The molecule has 0 aromatic heterocycles. The van der Waals surface area contributed by atoms with E-state index in [0.717, 1.165) is 0 Å². The van der Waals surface area contributed by atoms with Crippen molar-refractivity contribution in [3.8, 4) is 0 Å². The third-order valence-electron chi connectivity index (χ3n) is 0.981. The average molecular weight is 126 g/mol. The van der Waals surface area contributed by atoms with Crippen molar-refractivity contribution in [2.24, 2.45) is 5.73 Å². The van der Waals surface area contributed by atoms with Crippen LogP contribution >= 0.6 is 0 Å². The molecule has 0 spiro atoms. The Balaban J connectivity index is 3.08. The Morgan fingerprint density at radius 2 is 2.22 bits per heavy atom. The summed E-state index contributed by atoms with van der Waals surface area (Å²) in [4.78, 5) is 0. The molecule has 1 heteroatoms. The second-order valence-corrected chi connectivity index (χ2v) is 1.62. The van der Waals surface area contributed by atoms with Crippen LogP contribution in [0.5, 0.6) is 0 Å². The molecule has 1 rings (SSSR count). The average Bonchev–Trinajstić information content (AvgIpc) is 2.19. The van der Waals surface area contributed by atoms with Gasteiger partial charge in [0.15, 0.2) is 0 Å². The Bertz CT molecular complexity index is 298. The maximum Gasteiger partial charge on any atom is 0.118 e. The van der Waals surface area contributed by atoms with E-state index < -0.39 is 12.9 Å². The lowest BCUT2D eigenvalue weighted by Crippen LogP contribution is -2.01. The van der Waals surface area contributed by atoms with Gasteiger partial charge < -0.3 is 5.73 Å². The Morgan fingerprint density at radius 1 is 1.44 bits per heavy atom. The number of hydrogen-bond acceptors (Lipinski definition) is 1. The zero-order chi connectivity index (χ0) is 10.8. The lowest BCUT2D eigenvalue weighted by Gasteiger charge is -1.93. The highest BCUT2D eigenvalue weighted by molar-refractivity contribution is 5.14. The molecule has 0 aliphatic heterocycles. The molecule has 0 radical (unpaired) electrons. The van der Waals surface area contributed by atoms with E-state index in [2.05, 4.69) is 0 Å². The van der Waals surface area contributed by atoms with Gasteiger partial charge in [0.1, 0.15) is 1.41 Å². The third-order valence-corrected chi connectivity index (χ3v) is 0.981. The quantitative estimate of drug-likeness (QED) is 0.646. The number of benzene rings is 1. The molecular weight excluding hydrogens is 110 g/mol. The SMILES string of the molecule is [2H]NC([2H])([2H])C([2H])([2H])c1ccccc1. The molecule has 2 N–H and O–H groups in total. The molecule has 0 heterocycles. The van der Waals surface area contributed by atoms with E-state index in [9.17, 15) is 0 Å². The van der Waals surface area contributed by atoms with E-state index in [4.69, 9.17) is 6.89 Å². The summed E-state index contributed by atoms with van der Waals surface area (Å²) in [6.07, 6.45) is -2.23. The zero-order valence-electron chi connectivity index (χ0n) is 9.89. The van der Waals surface area contributed by atoms with Gasteiger partial charge in [-0.05, 0) is 18.4 Å². The molecule has 0 fully saturated rings. The monoisotopic (exact) mass is 126 g/mol. The summed E-state index contributed by atoms with van der Waals surface area (Å²) in [5.74, 6) is 0. The van der Waals surface area contributed by atoms with Gasteiger partial charge in [0, 0.05) is 5.48 Å². The Morgan fingerprint density at radius 3 is 2.89 bits per heavy atom. The molecule has 1 aromatic carbocycles. The molecule has 0 atom stereocenters. The predicted molar refractivity (Wildman–Crippen MR) is 39.2 cm³/mol. The zero-order valence-corrected chi connectivity index (χ0v) is 4.89. The highest BCUT2D eigenvalue weighted by Gasteiger charge is 1.84. The summed E-state index contributed by atoms with van der Waals surface area (Å²) in [7, 11) is 0. The smallest absolute Gasteiger partial charge is 0.118 e. The van der Waals surface area contributed by atoms with Crippen molar-refractivity contribution in [2.45, 2.75) is 6.37 Å². The lowest BCUT2D eigenvalue weighted by molar-refractivity contribution is 0.969. The van der Waals surface area contributed by atoms with Gasteiger partial charge in [-0.2, -0.15) is 0 Å². The van der Waals surface area contributed by atoms with Crippen LogP contribution in [0.15, 0.2) is 30.3 Å². The van der Waals surface area contributed by atoms with Crippen molar-refractivity contribution in [2.75, 3.05) is 6.50 Å². The normalized spacial score (nSPS) is 20.7. The maximum atomic E-state index is 7.58. The van der Waals surface area contributed by atoms with Crippen LogP contribution in [0, 0.1) is 0 Å². The van der Waals surface area contributed by atoms with Gasteiger partial charge in [0.2, 0.25) is 0 Å². The lowest BCUT2D eigenvalue weighted by atomic mass is 10.2. The molecule has 0 amide bonds. The predicted octanol–water partition coefficient (Wildman–Crippen LogP) is 1.19. The highest BCUT2D eigenvalue weighted by atomic mass is 14.5. The van der Waals surface area contributed by atoms with Gasteiger partial charge in [-0.25, -0.2) is 0 Å². The molecule has 1 nitrogen and oxygen atoms in total. The molecule has 0 aliphatic rings. The number of hydrogen-bond donors (Lipinski definition) is 1. The van der Waals surface area contributed by atoms with E-state index in [0.29, 0.717) is 0 Å². The first-order valence-corrected chi connectivity index (χ1v) is 2.66. The van der Waals surface area contributed by atoms with E-state index in [1.54, 1.807) is 23.9 Å². The van der Waals surface area contributed by atoms with Crippen LogP contribution in [-0.4, -0.2) is 6.50 Å². The first kappa shape index (κ1) is 2.43. The van der Waals surface area contributed by atoms with E-state index in [1.807, 2.05) is 0 Å². The summed E-state index contributed by atoms with van der Waals surface area (Å²) in [6, 6.07) is 7.98. The van der Waals surface area contributed by atoms with Crippen LogP contribution in [0.3, 0.4) is 0 Å². The Hall–Kier alpha value is -0.820. The summed E-state index contributed by atoms with van der Waals surface area (Å²) < 4.78 is 36.5. The van der Waals surface area contributed by atoms with E-state index in [-0.39, 0.29) is 5.56 Å². The van der Waals surface area contributed by atoms with Gasteiger partial charge in [0.25, 0.3) is 0 Å². The first-order chi connectivity index (χ1) is 6.42. The largest absolute Gasteiger partial charge is 0.330 e. The van der Waals surface area contributed by atoms with Crippen LogP contribution in [0.4, 0.5) is 0 Å². The van der Waals surface area contributed by atoms with Gasteiger partial charge in [-0.15, -0.1) is 0 Å². The van der Waals surface area contributed by atoms with Crippen molar-refractivity contribution < 1.29 is 6.89 Å². The molecule has 48 valence electrons. The molecule has 0 saturated carbocycles. The van der Waals surface area contributed by atoms with Crippen LogP contribution in [0.2, 0.25) is 1.41 Å². The van der Waals surface area contributed by atoms with Crippen molar-refractivity contribution in [3.63, 3.8) is 0 Å². The summed E-state index contributed by atoms with van der Waals surface area (Å²) in [5, 5.41) is 0. The minimum Gasteiger partial charge on any atom is -0.330 e. The summed E-state index contributed by atoms with van der Waals surface area (Å²) in [5.41, 5.74) is 1.80. The van der Waals surface area contributed by atoms with Gasteiger partial charge in [0.05, 0.1) is 0 Å². The highest BCUT2D eigenvalue weighted by Crippen LogP contribution is 1.96. The molecule has 0 saturated heterocycles. The fourth-order valence-corrected chi connectivity index (χ4v) is 0.594. The molecule has 9 heavy (non-hydrogen) atoms. The van der Waals surface area contributed by atoms with Crippen molar-refractivity contribution in [3.05, 3.63) is 35.9 Å². The van der Waals surface area contributed by atoms with Crippen molar-refractivity contribution >= 4 is 0 Å². The number of aryl methyl sites for hydroxylation is 1. The van der Waals surface area contributed by atoms with Crippen molar-refractivity contribution in [1.29, 1.82) is 0 Å². The van der Waals surface area contributed by atoms with E-state index in [1.165, 1.54) is 12.1 Å². The van der Waals surface area contributed by atoms with E-state index >= 15 is 0 Å². The van der Waals surface area contributed by atoms with Gasteiger partial charge >= 0.3 is 0 Å². The maximum absolute atomic E-state index is 7.58. The molecule has 0 bridgehead atoms. The van der Waals surface area contributed by atoms with Crippen molar-refractivity contribution in [1.82, 2.24) is 0 Å². The Kier molecular flexibility index (Phi) is 0.878. The standard InChI is InChI=1S/C8H11N/c9-7-6-8-4-2-1-3-5-8/h1-5H,6-7,9H2/i6D2,7D2/hD. The second kappa shape index (κ2) is 3.25. The van der Waals surface area contributed by atoms with Crippen LogP contribution in [0.1, 0.15) is 11.0 Å². The number of nitrogens with two attached hydrogens (primary N) is 1. The third kappa shape index (κ3) is 1.86.